The molecule has 0 atom stereocenters. The van der Waals surface area contributed by atoms with E-state index in [9.17, 15) is 31.8 Å². The van der Waals surface area contributed by atoms with Gasteiger partial charge in [-0.25, -0.2) is 4.40 Å². The molecule has 0 bridgehead atoms. The number of thiol groups is 1. The average Bonchev–Trinajstić information content (AvgIpc) is 1.63. The maximum atomic E-state index is 14.5. The molecule has 11 aromatic rings. The summed E-state index contributed by atoms with van der Waals surface area (Å²) in [7, 11) is 0. The molecule has 11 heteroatoms. The lowest BCUT2D eigenvalue weighted by atomic mass is 9.67. The predicted octanol–water partition coefficient (Wildman–Crippen LogP) is 21.5. The van der Waals surface area contributed by atoms with Crippen LogP contribution in [0.5, 0.6) is 0 Å². The number of nitrogens with zero attached hydrogens (tertiary/aromatic N) is 3. The minimum Gasteiger partial charge on any atom is -0.309 e. The van der Waals surface area contributed by atoms with Crippen molar-refractivity contribution in [3.8, 4) is 39.1 Å². The van der Waals surface area contributed by atoms with Crippen molar-refractivity contribution in [2.45, 2.75) is 70.1 Å². The molecule has 1 N–H and O–H groups in total. The van der Waals surface area contributed by atoms with E-state index in [0.29, 0.717) is 28.7 Å². The lowest BCUT2D eigenvalue weighted by molar-refractivity contribution is -0.142. The molecule has 4 nitrogen and oxygen atoms in total. The molecule has 0 aliphatic heterocycles. The number of allylic oxidation sites excluding steroid dienone is 4. The van der Waals surface area contributed by atoms with E-state index in [1.54, 1.807) is 12.1 Å². The first-order chi connectivity index (χ1) is 42.0. The molecule has 0 fully saturated rings. The molecule has 0 amide bonds. The standard InChI is InChI=1S/C77H60F6N4S/c1-73(2,3)51-25-29-53(30-26-51)75(54-31-27-52(28-32-54)74(4,5)6)65-18-12-10-16-61(65)62-41-38-58(46-66(62)75)87-68-19-13-11-17-63(68)64-39-24-50(44-70(64)87)60-42-43-69(72(85-88)71(60)84)86(56-34-20-48(21-35-56)47-14-8-7-9-15-47)57-36-22-49(23-37-57)59-40-33-55(76(78,79)80)45-67(59)77(81,82)83/h7-46,84,88H,1-6H3/b84-71?,85-72-. The highest BCUT2D eigenvalue weighted by molar-refractivity contribution is 7.79. The van der Waals surface area contributed by atoms with Crippen molar-refractivity contribution in [2.24, 2.45) is 4.40 Å². The zero-order chi connectivity index (χ0) is 61.7. The van der Waals surface area contributed by atoms with E-state index >= 15 is 0 Å². The summed E-state index contributed by atoms with van der Waals surface area (Å²) in [5, 5.41) is 12.1. The van der Waals surface area contributed by atoms with Crippen LogP contribution in [0.1, 0.15) is 91.6 Å². The average molecular weight is 1190 g/mol. The van der Waals surface area contributed by atoms with Crippen LogP contribution >= 0.6 is 12.8 Å². The molecule has 0 saturated heterocycles. The first-order valence-corrected chi connectivity index (χ1v) is 29.5. The normalized spacial score (nSPS) is 14.7. The maximum Gasteiger partial charge on any atom is 0.417 e. The Labute approximate surface area is 513 Å². The number of aromatic nitrogens is 1. The third-order valence-corrected chi connectivity index (χ3v) is 17.7. The molecular formula is C77H60F6N4S. The van der Waals surface area contributed by atoms with Gasteiger partial charge in [-0.15, -0.1) is 0 Å². The minimum atomic E-state index is -5.07. The molecule has 1 heterocycles. The van der Waals surface area contributed by atoms with Gasteiger partial charge < -0.3 is 9.47 Å². The topological polar surface area (TPSA) is 44.4 Å². The Bertz CT molecular complexity index is 4590. The number of halogens is 6. The summed E-state index contributed by atoms with van der Waals surface area (Å²) in [4.78, 5) is 1.85. The van der Waals surface area contributed by atoms with Crippen LogP contribution in [0.2, 0.25) is 0 Å². The van der Waals surface area contributed by atoms with E-state index in [1.165, 1.54) is 51.1 Å². The van der Waals surface area contributed by atoms with Crippen molar-refractivity contribution in [2.75, 3.05) is 4.90 Å². The Morgan fingerprint density at radius 2 is 0.966 bits per heavy atom. The quantitative estimate of drug-likeness (QED) is 0.0844. The van der Waals surface area contributed by atoms with Crippen molar-refractivity contribution >= 4 is 63.0 Å². The monoisotopic (exact) mass is 1190 g/mol. The van der Waals surface area contributed by atoms with Crippen LogP contribution in [-0.2, 0) is 28.6 Å². The Balaban J connectivity index is 0.955. The molecule has 13 rings (SSSR count). The second kappa shape index (κ2) is 21.5. The van der Waals surface area contributed by atoms with Crippen LogP contribution in [0.3, 0.4) is 0 Å². The number of hydrogen-bond acceptors (Lipinski definition) is 4. The molecule has 436 valence electrons. The van der Waals surface area contributed by atoms with Crippen LogP contribution in [0.4, 0.5) is 37.7 Å². The Morgan fingerprint density at radius 3 is 1.57 bits per heavy atom. The Kier molecular flexibility index (Phi) is 14.0. The van der Waals surface area contributed by atoms with E-state index in [0.717, 1.165) is 55.8 Å². The second-order valence-electron chi connectivity index (χ2n) is 24.8. The van der Waals surface area contributed by atoms with Crippen LogP contribution in [-0.4, -0.2) is 16.0 Å². The smallest absolute Gasteiger partial charge is 0.309 e. The number of fused-ring (bicyclic) bond motifs is 6. The fourth-order valence-corrected chi connectivity index (χ4v) is 13.2. The molecule has 0 saturated carbocycles. The first kappa shape index (κ1) is 57.6. The van der Waals surface area contributed by atoms with E-state index in [-0.39, 0.29) is 33.9 Å². The van der Waals surface area contributed by atoms with Crippen molar-refractivity contribution in [3.05, 3.63) is 298 Å². The van der Waals surface area contributed by atoms with E-state index < -0.39 is 34.5 Å². The van der Waals surface area contributed by atoms with Gasteiger partial charge in [-0.2, -0.15) is 26.3 Å². The van der Waals surface area contributed by atoms with Crippen molar-refractivity contribution in [3.63, 3.8) is 0 Å². The van der Waals surface area contributed by atoms with Gasteiger partial charge in [0.15, 0.2) is 0 Å². The first-order valence-electron chi connectivity index (χ1n) is 29.1. The molecule has 0 spiro atoms. The van der Waals surface area contributed by atoms with Crippen molar-refractivity contribution in [1.29, 1.82) is 5.41 Å². The lowest BCUT2D eigenvalue weighted by Crippen LogP contribution is -2.30. The summed E-state index contributed by atoms with van der Waals surface area (Å²) in [6.07, 6.45) is -6.30. The summed E-state index contributed by atoms with van der Waals surface area (Å²) >= 11 is 4.52. The number of benzene rings is 10. The number of para-hydroxylation sites is 1. The summed E-state index contributed by atoms with van der Waals surface area (Å²) in [5.74, 6) is 0. The number of rotatable bonds is 9. The number of anilines is 2. The zero-order valence-electron chi connectivity index (χ0n) is 49.2. The van der Waals surface area contributed by atoms with Crippen LogP contribution in [0.15, 0.2) is 253 Å². The van der Waals surface area contributed by atoms with E-state index in [2.05, 4.69) is 191 Å². The largest absolute Gasteiger partial charge is 0.417 e. The van der Waals surface area contributed by atoms with E-state index in [4.69, 9.17) is 0 Å². The summed E-state index contributed by atoms with van der Waals surface area (Å²) < 4.78 is 91.4. The number of hydrogen-bond donors (Lipinski definition) is 2. The molecule has 2 aliphatic rings. The second-order valence-corrected chi connectivity index (χ2v) is 25.0. The van der Waals surface area contributed by atoms with Gasteiger partial charge in [-0.3, -0.25) is 5.41 Å². The van der Waals surface area contributed by atoms with Gasteiger partial charge in [0, 0.05) is 33.4 Å². The SMILES string of the molecule is CC(C)(C)c1ccc(C2(c3ccc(C(C)(C)C)cc3)c3ccccc3-c3ccc(-n4c5ccccc5c5ccc(C6=CC=C(N(c7ccc(-c8ccccc8)cc7)c7ccc(-c8ccc(C(F)(F)F)cc8C(F)(F)F)cc7)/C(=N/S)C6=N)cc54)cc32)cc1. The summed E-state index contributed by atoms with van der Waals surface area (Å²) in [5.41, 5.74) is 13.7. The Hall–Kier alpha value is -9.45. The number of alkyl halides is 6. The fraction of sp³-hybridized carbons (Fsp3) is 0.143. The van der Waals surface area contributed by atoms with Crippen molar-refractivity contribution in [1.82, 2.24) is 4.57 Å². The Morgan fingerprint density at radius 1 is 0.443 bits per heavy atom. The maximum absolute atomic E-state index is 14.5. The fourth-order valence-electron chi connectivity index (χ4n) is 13.0. The van der Waals surface area contributed by atoms with Gasteiger partial charge >= 0.3 is 12.4 Å². The minimum absolute atomic E-state index is 0.0487. The molecule has 10 aromatic carbocycles. The molecule has 2 aliphatic carbocycles. The summed E-state index contributed by atoms with van der Waals surface area (Å²) in [6.45, 7) is 13.5. The number of nitrogens with one attached hydrogen (secondary N) is 1. The highest BCUT2D eigenvalue weighted by Crippen LogP contribution is 2.57. The lowest BCUT2D eigenvalue weighted by Gasteiger charge is -2.35. The van der Waals surface area contributed by atoms with Gasteiger partial charge in [0.1, 0.15) is 5.71 Å². The molecule has 0 unspecified atom stereocenters. The van der Waals surface area contributed by atoms with Crippen molar-refractivity contribution < 1.29 is 26.3 Å². The van der Waals surface area contributed by atoms with Gasteiger partial charge in [0.05, 0.1) is 39.0 Å². The molecular weight excluding hydrogens is 1130 g/mol. The predicted molar refractivity (Wildman–Crippen MR) is 352 cm³/mol. The third-order valence-electron chi connectivity index (χ3n) is 17.5. The molecule has 1 aromatic heterocycles. The highest BCUT2D eigenvalue weighted by atomic mass is 32.1. The zero-order valence-corrected chi connectivity index (χ0v) is 50.0. The van der Waals surface area contributed by atoms with Gasteiger partial charge in [0.2, 0.25) is 0 Å². The third kappa shape index (κ3) is 9.86. The van der Waals surface area contributed by atoms with Gasteiger partial charge in [-0.05, 0) is 169 Å². The molecule has 0 radical (unpaired) electrons. The van der Waals surface area contributed by atoms with Crippen LogP contribution in [0, 0.1) is 5.41 Å². The van der Waals surface area contributed by atoms with Crippen LogP contribution in [0.25, 0.3) is 66.4 Å². The van der Waals surface area contributed by atoms with Gasteiger partial charge in [-0.1, -0.05) is 211 Å². The highest BCUT2D eigenvalue weighted by Gasteiger charge is 2.47. The summed E-state index contributed by atoms with van der Waals surface area (Å²) in [6, 6.07) is 74.1. The van der Waals surface area contributed by atoms with Crippen LogP contribution < -0.4 is 4.90 Å². The molecule has 88 heavy (non-hydrogen) atoms. The van der Waals surface area contributed by atoms with E-state index in [1.807, 2.05) is 77.7 Å². The van der Waals surface area contributed by atoms with Gasteiger partial charge in [0.25, 0.3) is 0 Å².